The lowest BCUT2D eigenvalue weighted by atomic mass is 9.94. The second-order valence-corrected chi connectivity index (χ2v) is 18.6. The van der Waals surface area contributed by atoms with E-state index in [1.807, 2.05) is 0 Å². The maximum atomic E-state index is 12.5. The number of ether oxygens (including phenoxy) is 11. The Labute approximate surface area is 413 Å². The van der Waals surface area contributed by atoms with Crippen molar-refractivity contribution in [2.45, 2.75) is 198 Å². The van der Waals surface area contributed by atoms with E-state index in [1.54, 1.807) is 0 Å². The summed E-state index contributed by atoms with van der Waals surface area (Å²) >= 11 is 0. The first-order valence-electron chi connectivity index (χ1n) is 23.3. The molecule has 0 aromatic heterocycles. The van der Waals surface area contributed by atoms with Gasteiger partial charge < -0.3 is 150 Å². The molecule has 7 fully saturated rings. The van der Waals surface area contributed by atoms with Crippen molar-refractivity contribution in [2.75, 3.05) is 39.6 Å². The van der Waals surface area contributed by atoms with E-state index in [1.165, 1.54) is 6.92 Å². The minimum Gasteiger partial charge on any atom is -0.394 e. The second-order valence-electron chi connectivity index (χ2n) is 18.6. The molecule has 0 radical (unpaired) electrons. The predicted molar refractivity (Wildman–Crippen MR) is 222 cm³/mol. The van der Waals surface area contributed by atoms with Crippen LogP contribution in [0.5, 0.6) is 0 Å². The zero-order valence-corrected chi connectivity index (χ0v) is 38.9. The average Bonchev–Trinajstić information content (AvgIpc) is 4.07. The van der Waals surface area contributed by atoms with Crippen LogP contribution in [0.25, 0.3) is 0 Å². The molecular weight excluding hydrogens is 1000 g/mol. The van der Waals surface area contributed by atoms with Crippen LogP contribution in [0, 0.1) is 0 Å². The van der Waals surface area contributed by atoms with Gasteiger partial charge in [-0.05, 0) is 0 Å². The van der Waals surface area contributed by atoms with Gasteiger partial charge in [-0.15, -0.1) is 0 Å². The molecule has 7 rings (SSSR count). The molecule has 7 heterocycles. The lowest BCUT2D eigenvalue weighted by Gasteiger charge is -2.50. The molecule has 422 valence electrons. The van der Waals surface area contributed by atoms with Gasteiger partial charge in [-0.2, -0.15) is 0 Å². The van der Waals surface area contributed by atoms with Crippen LogP contribution in [0.15, 0.2) is 0 Å². The van der Waals surface area contributed by atoms with E-state index in [4.69, 9.17) is 52.1 Å². The minimum atomic E-state index is -2.26. The zero-order chi connectivity index (χ0) is 53.5. The van der Waals surface area contributed by atoms with E-state index in [9.17, 15) is 96.4 Å². The van der Waals surface area contributed by atoms with E-state index in [0.29, 0.717) is 0 Å². The molecule has 7 aliphatic heterocycles. The summed E-state index contributed by atoms with van der Waals surface area (Å²) in [6, 6.07) is -1.66. The van der Waals surface area contributed by atoms with E-state index in [2.05, 4.69) is 16.0 Å². The molecule has 0 unspecified atom stereocenters. The molecule has 0 aromatic carbocycles. The molecule has 0 spiro atoms. The third-order valence-corrected chi connectivity index (χ3v) is 13.7. The Bertz CT molecular complexity index is 1820. The summed E-state index contributed by atoms with van der Waals surface area (Å²) < 4.78 is 63.7. The number of carbonyl (C=O) groups is 2. The summed E-state index contributed by atoms with van der Waals surface area (Å²) in [7, 11) is 0. The highest BCUT2D eigenvalue weighted by atomic mass is 16.8. The smallest absolute Gasteiger partial charge is 0.218 e. The summed E-state index contributed by atoms with van der Waals surface area (Å²) in [5, 5.41) is 191. The molecule has 33 heteroatoms. The minimum absolute atomic E-state index is 0.579. The maximum absolute atomic E-state index is 12.5. The van der Waals surface area contributed by atoms with Gasteiger partial charge in [0.15, 0.2) is 37.1 Å². The van der Waals surface area contributed by atoms with Crippen LogP contribution < -0.4 is 16.0 Å². The number of rotatable bonds is 18. The summed E-state index contributed by atoms with van der Waals surface area (Å²) in [6.07, 6.45) is -52.7. The quantitative estimate of drug-likeness (QED) is 0.0567. The molecule has 0 aliphatic carbocycles. The number of aliphatic hydroxyl groups excluding tert-OH is 17. The monoisotopic (exact) mass is 1070 g/mol. The van der Waals surface area contributed by atoms with Crippen LogP contribution in [-0.4, -0.2) is 322 Å². The molecule has 7 aliphatic rings. The molecule has 73 heavy (non-hydrogen) atoms. The van der Waals surface area contributed by atoms with Gasteiger partial charge in [-0.25, -0.2) is 0 Å². The third kappa shape index (κ3) is 11.7. The summed E-state index contributed by atoms with van der Waals surface area (Å²) in [4.78, 5) is 24.5. The summed E-state index contributed by atoms with van der Waals surface area (Å²) in [5.41, 5.74) is -1.57. The molecule has 0 bridgehead atoms. The van der Waals surface area contributed by atoms with Crippen LogP contribution in [0.3, 0.4) is 0 Å². The molecule has 2 amide bonds. The van der Waals surface area contributed by atoms with Gasteiger partial charge in [0.25, 0.3) is 0 Å². The number of fused-ring (bicyclic) bond motifs is 1. The SMILES string of the molecule is CC(=O)N[C@H]1[C@H](O[C@@H]2[C@@H](CO)O[C@@H]3N[C@@]3(NC(C)=O)[C@H]2O)O[C@H](CO)[C@@H](O[C@@H]2O[C@H](CO)[C@@H](O)[C@H](O[C@H]3O[C@H](CO)[C@@H](O)[C@H](O)[C@@H]3O[C@H]3O[C@H](CO)[C@@H](O)[C@H](O)[C@@H]3O[C@H]3O[C@H](CO)[C@@H](O)[C@H](O)[C@@H]3O)[C@@H]2O)[C@@H]1O. The third-order valence-electron chi connectivity index (χ3n) is 13.7. The summed E-state index contributed by atoms with van der Waals surface area (Å²) in [6.45, 7) is -3.49. The van der Waals surface area contributed by atoms with Crippen LogP contribution >= 0.6 is 0 Å². The molecule has 7 saturated heterocycles. The van der Waals surface area contributed by atoms with Crippen LogP contribution in [0.1, 0.15) is 13.8 Å². The molecule has 30 atom stereocenters. The number of hydrogen-bond acceptors (Lipinski definition) is 31. The number of aliphatic hydroxyl groups is 17. The standard InChI is InChI=1S/C40H67N3O30/c1-9(50)41-17-22(56)28(15(7-48)67-34(17)70-29-16(8-49)68-39-40(43-39,33(29)62)42-10(2)51)69-36-27(61)30(21(55)14(6-47)64-36)71-37-32(25(59)20(54)12(4-45)65-37)73-38-31(24(58)19(53)13(5-46)66-38)72-35-26(60)23(57)18(52)11(3-44)63-35/h11-39,43-49,52-62H,3-8H2,1-2H3,(H,41,50)(H,42,51)/t11-,12-,13-,14-,15-,16-,17-,18-,19-,20-,21-,22-,23+,24+,25+,26+,27+,28-,29-,30+,31+,32+,33+,34+,35-,36+,37-,38-,39+,40+/m1/s1. The fraction of sp³-hybridized carbons (Fsp3) is 0.950. The van der Waals surface area contributed by atoms with E-state index < -0.39 is 235 Å². The highest BCUT2D eigenvalue weighted by Crippen LogP contribution is 2.41. The van der Waals surface area contributed by atoms with Crippen molar-refractivity contribution in [3.63, 3.8) is 0 Å². The molecular formula is C40H67N3O30. The maximum Gasteiger partial charge on any atom is 0.218 e. The molecule has 33 nitrogen and oxygen atoms in total. The van der Waals surface area contributed by atoms with Gasteiger partial charge in [0.2, 0.25) is 11.8 Å². The van der Waals surface area contributed by atoms with Gasteiger partial charge in [-0.1, -0.05) is 0 Å². The lowest BCUT2D eigenvalue weighted by molar-refractivity contribution is -0.406. The number of carbonyl (C=O) groups excluding carboxylic acids is 2. The normalized spacial score (nSPS) is 51.2. The van der Waals surface area contributed by atoms with Crippen molar-refractivity contribution in [1.82, 2.24) is 16.0 Å². The van der Waals surface area contributed by atoms with Gasteiger partial charge >= 0.3 is 0 Å². The van der Waals surface area contributed by atoms with Gasteiger partial charge in [-0.3, -0.25) is 14.9 Å². The summed E-state index contributed by atoms with van der Waals surface area (Å²) in [5.74, 6) is -1.36. The highest BCUT2D eigenvalue weighted by Gasteiger charge is 2.69. The van der Waals surface area contributed by atoms with Crippen molar-refractivity contribution in [2.24, 2.45) is 0 Å². The van der Waals surface area contributed by atoms with Gasteiger partial charge in [0.1, 0.15) is 147 Å². The first-order chi connectivity index (χ1) is 34.6. The number of amides is 2. The Morgan fingerprint density at radius 2 is 0.808 bits per heavy atom. The van der Waals surface area contributed by atoms with Crippen molar-refractivity contribution in [3.8, 4) is 0 Å². The number of nitrogens with one attached hydrogen (secondary N) is 3. The second kappa shape index (κ2) is 24.2. The highest BCUT2D eigenvalue weighted by molar-refractivity contribution is 5.74. The van der Waals surface area contributed by atoms with Crippen LogP contribution in [0.2, 0.25) is 0 Å². The average molecular weight is 1070 g/mol. The molecule has 20 N–H and O–H groups in total. The number of hydrogen-bond donors (Lipinski definition) is 20. The Hall–Kier alpha value is -2.22. The van der Waals surface area contributed by atoms with Gasteiger partial charge in [0.05, 0.1) is 39.6 Å². The van der Waals surface area contributed by atoms with E-state index in [-0.39, 0.29) is 0 Å². The Balaban J connectivity index is 1.13. The molecule has 0 saturated carbocycles. The fourth-order valence-corrected chi connectivity index (χ4v) is 9.69. The van der Waals surface area contributed by atoms with Crippen molar-refractivity contribution >= 4 is 11.8 Å². The topological polar surface area (TPSA) is 526 Å². The Morgan fingerprint density at radius 3 is 1.30 bits per heavy atom. The van der Waals surface area contributed by atoms with Crippen molar-refractivity contribution in [1.29, 1.82) is 0 Å². The van der Waals surface area contributed by atoms with E-state index in [0.717, 1.165) is 6.92 Å². The first-order valence-corrected chi connectivity index (χ1v) is 23.3. The van der Waals surface area contributed by atoms with Gasteiger partial charge in [0, 0.05) is 13.8 Å². The van der Waals surface area contributed by atoms with Crippen LogP contribution in [0.4, 0.5) is 0 Å². The zero-order valence-electron chi connectivity index (χ0n) is 38.9. The largest absolute Gasteiger partial charge is 0.394 e. The van der Waals surface area contributed by atoms with Crippen LogP contribution in [-0.2, 0) is 61.7 Å². The molecule has 0 aromatic rings. The first kappa shape index (κ1) is 58.5. The predicted octanol–water partition coefficient (Wildman–Crippen LogP) is -13.9. The Morgan fingerprint density at radius 1 is 0.411 bits per heavy atom. The van der Waals surface area contributed by atoms with E-state index >= 15 is 0 Å². The lowest BCUT2D eigenvalue weighted by Crippen LogP contribution is -2.70. The van der Waals surface area contributed by atoms with Crippen molar-refractivity contribution < 1.29 is 149 Å². The Kier molecular flexibility index (Phi) is 19.4. The van der Waals surface area contributed by atoms with Crippen molar-refractivity contribution in [3.05, 3.63) is 0 Å². The fourth-order valence-electron chi connectivity index (χ4n) is 9.69.